The van der Waals surface area contributed by atoms with Crippen molar-refractivity contribution in [3.63, 3.8) is 0 Å². The Hall–Kier alpha value is -1.72. The number of amides is 1. The molecule has 0 radical (unpaired) electrons. The predicted octanol–water partition coefficient (Wildman–Crippen LogP) is 3.48. The Morgan fingerprint density at radius 3 is 2.62 bits per heavy atom. The summed E-state index contributed by atoms with van der Waals surface area (Å²) in [6, 6.07) is 10.1. The van der Waals surface area contributed by atoms with Gasteiger partial charge in [-0.15, -0.1) is 11.3 Å². The number of hydrogen-bond donors (Lipinski definition) is 2. The van der Waals surface area contributed by atoms with E-state index in [0.29, 0.717) is 24.0 Å². The fourth-order valence-corrected chi connectivity index (χ4v) is 3.01. The molecule has 1 heterocycles. The molecule has 0 bridgehead atoms. The van der Waals surface area contributed by atoms with Crippen LogP contribution in [0.1, 0.15) is 31.1 Å². The van der Waals surface area contributed by atoms with Gasteiger partial charge in [0.15, 0.2) is 5.13 Å². The van der Waals surface area contributed by atoms with Crippen LogP contribution >= 0.6 is 11.3 Å². The lowest BCUT2D eigenvalue weighted by Crippen LogP contribution is -2.18. The zero-order chi connectivity index (χ0) is 15.2. The summed E-state index contributed by atoms with van der Waals surface area (Å²) in [6.45, 7) is 4.96. The summed E-state index contributed by atoms with van der Waals surface area (Å²) >= 11 is 1.56. The maximum absolute atomic E-state index is 11.8. The minimum absolute atomic E-state index is 0.00646. The van der Waals surface area contributed by atoms with Crippen LogP contribution in [0.3, 0.4) is 0 Å². The van der Waals surface area contributed by atoms with Gasteiger partial charge >= 0.3 is 0 Å². The largest absolute Gasteiger partial charge is 0.319 e. The van der Waals surface area contributed by atoms with Gasteiger partial charge in [0.05, 0.1) is 5.69 Å². The van der Waals surface area contributed by atoms with E-state index in [4.69, 9.17) is 0 Å². The summed E-state index contributed by atoms with van der Waals surface area (Å²) in [5, 5.41) is 6.54. The van der Waals surface area contributed by atoms with E-state index in [1.807, 2.05) is 37.4 Å². The number of carbonyl (C=O) groups excluding carboxylic acids is 1. The van der Waals surface area contributed by atoms with Crippen molar-refractivity contribution in [1.29, 1.82) is 0 Å². The van der Waals surface area contributed by atoms with Crippen molar-refractivity contribution in [3.8, 4) is 11.3 Å². The molecule has 112 valence electrons. The van der Waals surface area contributed by atoms with Crippen LogP contribution in [-0.4, -0.2) is 24.5 Å². The van der Waals surface area contributed by atoms with Gasteiger partial charge in [-0.3, -0.25) is 4.79 Å². The van der Waals surface area contributed by atoms with E-state index in [-0.39, 0.29) is 5.91 Å². The first-order valence-corrected chi connectivity index (χ1v) is 7.94. The van der Waals surface area contributed by atoms with Crippen LogP contribution in [0.4, 0.5) is 5.13 Å². The molecule has 0 unspecified atom stereocenters. The highest BCUT2D eigenvalue weighted by Gasteiger charge is 2.16. The standard InChI is InChI=1S/C16H21N3OS/c1-11(2)15-14(12-7-5-4-6-8-12)19-16(21-15)18-13(20)9-10-17-3/h4-8,11,17H,9-10H2,1-3H3,(H,18,19,20). The minimum atomic E-state index is -0.00646. The predicted molar refractivity (Wildman–Crippen MR) is 88.8 cm³/mol. The van der Waals surface area contributed by atoms with Crippen LogP contribution in [0.2, 0.25) is 0 Å². The van der Waals surface area contributed by atoms with Crippen molar-refractivity contribution in [2.45, 2.75) is 26.2 Å². The highest BCUT2D eigenvalue weighted by atomic mass is 32.1. The van der Waals surface area contributed by atoms with Gasteiger partial charge in [-0.05, 0) is 13.0 Å². The van der Waals surface area contributed by atoms with Crippen molar-refractivity contribution in [3.05, 3.63) is 35.2 Å². The van der Waals surface area contributed by atoms with Gasteiger partial charge in [0.1, 0.15) is 0 Å². The number of aromatic nitrogens is 1. The van der Waals surface area contributed by atoms with E-state index in [0.717, 1.165) is 11.3 Å². The summed E-state index contributed by atoms with van der Waals surface area (Å²) in [5.41, 5.74) is 2.06. The zero-order valence-electron chi connectivity index (χ0n) is 12.6. The second-order valence-electron chi connectivity index (χ2n) is 5.15. The van der Waals surface area contributed by atoms with Gasteiger partial charge in [0, 0.05) is 23.4 Å². The monoisotopic (exact) mass is 303 g/mol. The second kappa shape index (κ2) is 7.33. The molecule has 0 aliphatic rings. The van der Waals surface area contributed by atoms with E-state index in [9.17, 15) is 4.79 Å². The molecule has 0 aliphatic carbocycles. The average Bonchev–Trinajstić information content (AvgIpc) is 2.90. The zero-order valence-corrected chi connectivity index (χ0v) is 13.5. The SMILES string of the molecule is CNCCC(=O)Nc1nc(-c2ccccc2)c(C(C)C)s1. The number of anilines is 1. The maximum Gasteiger partial charge on any atom is 0.227 e. The number of nitrogens with one attached hydrogen (secondary N) is 2. The smallest absolute Gasteiger partial charge is 0.227 e. The van der Waals surface area contributed by atoms with Gasteiger partial charge in [-0.2, -0.15) is 0 Å². The third-order valence-electron chi connectivity index (χ3n) is 3.07. The summed E-state index contributed by atoms with van der Waals surface area (Å²) in [5.74, 6) is 0.369. The molecule has 0 spiro atoms. The van der Waals surface area contributed by atoms with E-state index in [2.05, 4.69) is 29.5 Å². The Kier molecular flexibility index (Phi) is 5.47. The van der Waals surface area contributed by atoms with Crippen LogP contribution < -0.4 is 10.6 Å². The van der Waals surface area contributed by atoms with Crippen molar-refractivity contribution in [1.82, 2.24) is 10.3 Å². The van der Waals surface area contributed by atoms with Crippen molar-refractivity contribution >= 4 is 22.4 Å². The average molecular weight is 303 g/mol. The van der Waals surface area contributed by atoms with Crippen molar-refractivity contribution in [2.75, 3.05) is 18.9 Å². The molecule has 1 amide bonds. The van der Waals surface area contributed by atoms with E-state index in [1.165, 1.54) is 4.88 Å². The molecule has 1 aromatic heterocycles. The second-order valence-corrected chi connectivity index (χ2v) is 6.18. The lowest BCUT2D eigenvalue weighted by atomic mass is 10.1. The third kappa shape index (κ3) is 4.12. The normalized spacial score (nSPS) is 10.9. The molecule has 0 aliphatic heterocycles. The Labute approximate surface area is 129 Å². The number of rotatable bonds is 6. The Bertz CT molecular complexity index is 593. The summed E-state index contributed by atoms with van der Waals surface area (Å²) in [7, 11) is 1.83. The number of nitrogens with zero attached hydrogens (tertiary/aromatic N) is 1. The summed E-state index contributed by atoms with van der Waals surface area (Å²) in [6.07, 6.45) is 0.452. The molecule has 0 saturated heterocycles. The number of benzene rings is 1. The van der Waals surface area contributed by atoms with E-state index < -0.39 is 0 Å². The minimum Gasteiger partial charge on any atom is -0.319 e. The van der Waals surface area contributed by atoms with Crippen LogP contribution in [0.15, 0.2) is 30.3 Å². The van der Waals surface area contributed by atoms with Crippen LogP contribution in [0.25, 0.3) is 11.3 Å². The maximum atomic E-state index is 11.8. The van der Waals surface area contributed by atoms with Gasteiger partial charge in [-0.1, -0.05) is 44.2 Å². The number of hydrogen-bond acceptors (Lipinski definition) is 4. The summed E-state index contributed by atoms with van der Waals surface area (Å²) < 4.78 is 0. The first-order chi connectivity index (χ1) is 10.1. The lowest BCUT2D eigenvalue weighted by molar-refractivity contribution is -0.116. The Morgan fingerprint density at radius 2 is 2.00 bits per heavy atom. The molecule has 2 aromatic rings. The molecule has 5 heteroatoms. The quantitative estimate of drug-likeness (QED) is 0.859. The van der Waals surface area contributed by atoms with Gasteiger partial charge in [0.25, 0.3) is 0 Å². The highest BCUT2D eigenvalue weighted by Crippen LogP contribution is 2.36. The molecule has 1 aromatic carbocycles. The van der Waals surface area contributed by atoms with E-state index in [1.54, 1.807) is 11.3 Å². The van der Waals surface area contributed by atoms with E-state index >= 15 is 0 Å². The van der Waals surface area contributed by atoms with Crippen molar-refractivity contribution < 1.29 is 4.79 Å². The number of carbonyl (C=O) groups is 1. The fourth-order valence-electron chi connectivity index (χ4n) is 2.00. The third-order valence-corrected chi connectivity index (χ3v) is 4.34. The topological polar surface area (TPSA) is 54.0 Å². The van der Waals surface area contributed by atoms with Crippen LogP contribution in [0, 0.1) is 0 Å². The molecule has 2 N–H and O–H groups in total. The molecular formula is C16H21N3OS. The first kappa shape index (κ1) is 15.7. The highest BCUT2D eigenvalue weighted by molar-refractivity contribution is 7.16. The Balaban J connectivity index is 2.24. The molecule has 0 atom stereocenters. The Morgan fingerprint density at radius 1 is 1.29 bits per heavy atom. The number of thiazole rings is 1. The lowest BCUT2D eigenvalue weighted by Gasteiger charge is -2.04. The summed E-state index contributed by atoms with van der Waals surface area (Å²) in [4.78, 5) is 17.6. The fraction of sp³-hybridized carbons (Fsp3) is 0.375. The molecule has 0 saturated carbocycles. The molecule has 0 fully saturated rings. The van der Waals surface area contributed by atoms with Crippen LogP contribution in [-0.2, 0) is 4.79 Å². The molecule has 4 nitrogen and oxygen atoms in total. The first-order valence-electron chi connectivity index (χ1n) is 7.12. The van der Waals surface area contributed by atoms with Gasteiger partial charge < -0.3 is 10.6 Å². The molecular weight excluding hydrogens is 282 g/mol. The molecule has 2 rings (SSSR count). The van der Waals surface area contributed by atoms with Gasteiger partial charge in [0.2, 0.25) is 5.91 Å². The molecule has 21 heavy (non-hydrogen) atoms. The van der Waals surface area contributed by atoms with Crippen molar-refractivity contribution in [2.24, 2.45) is 0 Å². The van der Waals surface area contributed by atoms with Crippen LogP contribution in [0.5, 0.6) is 0 Å². The van der Waals surface area contributed by atoms with Gasteiger partial charge in [-0.25, -0.2) is 4.98 Å².